The van der Waals surface area contributed by atoms with Gasteiger partial charge in [0.1, 0.15) is 5.67 Å². The predicted molar refractivity (Wildman–Crippen MR) is 73.1 cm³/mol. The molecule has 1 fully saturated rings. The van der Waals surface area contributed by atoms with Gasteiger partial charge in [0.15, 0.2) is 0 Å². The van der Waals surface area contributed by atoms with Gasteiger partial charge in [0.2, 0.25) is 0 Å². The van der Waals surface area contributed by atoms with Crippen molar-refractivity contribution in [2.24, 2.45) is 0 Å². The van der Waals surface area contributed by atoms with Gasteiger partial charge in [0.05, 0.1) is 0 Å². The summed E-state index contributed by atoms with van der Waals surface area (Å²) in [5.74, 6) is 0. The van der Waals surface area contributed by atoms with Gasteiger partial charge in [-0.2, -0.15) is 0 Å². The molecule has 1 aliphatic rings. The van der Waals surface area contributed by atoms with E-state index in [9.17, 15) is 4.39 Å². The zero-order valence-corrected chi connectivity index (χ0v) is 11.7. The highest BCUT2D eigenvalue weighted by molar-refractivity contribution is 4.83. The van der Waals surface area contributed by atoms with Crippen molar-refractivity contribution in [1.29, 1.82) is 0 Å². The number of nitrogens with one attached hydrogen (secondary N) is 1. The minimum atomic E-state index is -0.957. The number of halogens is 1. The predicted octanol–water partition coefficient (Wildman–Crippen LogP) is 4.61. The third kappa shape index (κ3) is 7.03. The van der Waals surface area contributed by atoms with E-state index in [1.165, 1.54) is 38.5 Å². The molecule has 1 saturated heterocycles. The maximum atomic E-state index is 14.3. The molecule has 17 heavy (non-hydrogen) atoms. The van der Waals surface area contributed by atoms with Gasteiger partial charge < -0.3 is 5.32 Å². The topological polar surface area (TPSA) is 12.0 Å². The Morgan fingerprint density at radius 3 is 2.59 bits per heavy atom. The van der Waals surface area contributed by atoms with Crippen LogP contribution in [0.15, 0.2) is 0 Å². The Kier molecular flexibility index (Phi) is 7.10. The van der Waals surface area contributed by atoms with Gasteiger partial charge in [0.25, 0.3) is 0 Å². The summed E-state index contributed by atoms with van der Waals surface area (Å²) in [4.78, 5) is 0. The molecule has 1 heterocycles. The lowest BCUT2D eigenvalue weighted by atomic mass is 9.89. The standard InChI is InChI=1S/C15H30FN/c1-3-4-5-6-8-11-15(2,16)13-14-10-7-9-12-17-14/h14,17H,3-13H2,1-2H3. The molecule has 0 aromatic rings. The molecule has 1 nitrogen and oxygen atoms in total. The Labute approximate surface area is 107 Å². The van der Waals surface area contributed by atoms with Crippen molar-refractivity contribution in [2.45, 2.75) is 89.8 Å². The van der Waals surface area contributed by atoms with E-state index in [-0.39, 0.29) is 0 Å². The van der Waals surface area contributed by atoms with E-state index in [0.29, 0.717) is 12.5 Å². The first-order valence-corrected chi connectivity index (χ1v) is 7.56. The Morgan fingerprint density at radius 2 is 1.94 bits per heavy atom. The molecule has 2 atom stereocenters. The van der Waals surface area contributed by atoms with E-state index in [1.807, 2.05) is 0 Å². The lowest BCUT2D eigenvalue weighted by molar-refractivity contribution is 0.130. The van der Waals surface area contributed by atoms with Gasteiger partial charge in [-0.25, -0.2) is 4.39 Å². The maximum Gasteiger partial charge on any atom is 0.109 e. The van der Waals surface area contributed by atoms with E-state index < -0.39 is 5.67 Å². The van der Waals surface area contributed by atoms with E-state index in [4.69, 9.17) is 0 Å². The van der Waals surface area contributed by atoms with Crippen LogP contribution in [0.2, 0.25) is 0 Å². The maximum absolute atomic E-state index is 14.3. The number of piperidine rings is 1. The average Bonchev–Trinajstić information content (AvgIpc) is 2.29. The first kappa shape index (κ1) is 14.9. The highest BCUT2D eigenvalue weighted by Crippen LogP contribution is 2.27. The molecule has 102 valence electrons. The molecule has 2 heteroatoms. The lowest BCUT2D eigenvalue weighted by Gasteiger charge is -2.30. The Hall–Kier alpha value is -0.110. The van der Waals surface area contributed by atoms with E-state index in [1.54, 1.807) is 6.92 Å². The third-order valence-electron chi connectivity index (χ3n) is 3.89. The molecule has 0 spiro atoms. The molecular weight excluding hydrogens is 213 g/mol. The van der Waals surface area contributed by atoms with Crippen molar-refractivity contribution in [1.82, 2.24) is 5.32 Å². The summed E-state index contributed by atoms with van der Waals surface area (Å²) in [5, 5.41) is 3.45. The monoisotopic (exact) mass is 243 g/mol. The van der Waals surface area contributed by atoms with Crippen molar-refractivity contribution in [3.8, 4) is 0 Å². The second-order valence-electron chi connectivity index (χ2n) is 5.93. The zero-order chi connectivity index (χ0) is 12.6. The van der Waals surface area contributed by atoms with E-state index >= 15 is 0 Å². The smallest absolute Gasteiger partial charge is 0.109 e. The largest absolute Gasteiger partial charge is 0.314 e. The minimum Gasteiger partial charge on any atom is -0.314 e. The fourth-order valence-electron chi connectivity index (χ4n) is 2.81. The van der Waals surface area contributed by atoms with Crippen molar-refractivity contribution in [3.63, 3.8) is 0 Å². The molecule has 0 bridgehead atoms. The van der Waals surface area contributed by atoms with Crippen LogP contribution in [0.5, 0.6) is 0 Å². The number of alkyl halides is 1. The molecule has 1 N–H and O–H groups in total. The molecule has 1 rings (SSSR count). The SMILES string of the molecule is CCCCCCCC(C)(F)CC1CCCCN1. The molecule has 0 aromatic heterocycles. The summed E-state index contributed by atoms with van der Waals surface area (Å²) >= 11 is 0. The Bertz CT molecular complexity index is 185. The number of unbranched alkanes of at least 4 members (excludes halogenated alkanes) is 4. The second-order valence-corrected chi connectivity index (χ2v) is 5.93. The van der Waals surface area contributed by atoms with Crippen molar-refractivity contribution in [3.05, 3.63) is 0 Å². The highest BCUT2D eigenvalue weighted by Gasteiger charge is 2.27. The average molecular weight is 243 g/mol. The van der Waals surface area contributed by atoms with Gasteiger partial charge in [-0.1, -0.05) is 45.4 Å². The quantitative estimate of drug-likeness (QED) is 0.614. The Morgan fingerprint density at radius 1 is 1.18 bits per heavy atom. The van der Waals surface area contributed by atoms with Crippen LogP contribution in [-0.4, -0.2) is 18.3 Å². The van der Waals surface area contributed by atoms with Gasteiger partial charge in [-0.05, 0) is 39.2 Å². The van der Waals surface area contributed by atoms with Crippen molar-refractivity contribution >= 4 is 0 Å². The van der Waals surface area contributed by atoms with Crippen LogP contribution in [-0.2, 0) is 0 Å². The van der Waals surface area contributed by atoms with E-state index in [0.717, 1.165) is 25.8 Å². The number of rotatable bonds is 8. The third-order valence-corrected chi connectivity index (χ3v) is 3.89. The van der Waals surface area contributed by atoms with Crippen LogP contribution >= 0.6 is 0 Å². The molecular formula is C15H30FN. The number of hydrogen-bond donors (Lipinski definition) is 1. The van der Waals surface area contributed by atoms with Gasteiger partial charge in [-0.3, -0.25) is 0 Å². The summed E-state index contributed by atoms with van der Waals surface area (Å²) < 4.78 is 14.3. The van der Waals surface area contributed by atoms with Crippen LogP contribution in [0, 0.1) is 0 Å². The summed E-state index contributed by atoms with van der Waals surface area (Å²) in [7, 11) is 0. The summed E-state index contributed by atoms with van der Waals surface area (Å²) in [5.41, 5.74) is -0.957. The molecule has 0 radical (unpaired) electrons. The van der Waals surface area contributed by atoms with Crippen LogP contribution in [0.25, 0.3) is 0 Å². The van der Waals surface area contributed by atoms with Crippen molar-refractivity contribution in [2.75, 3.05) is 6.54 Å². The fraction of sp³-hybridized carbons (Fsp3) is 1.00. The molecule has 1 aliphatic heterocycles. The van der Waals surface area contributed by atoms with Gasteiger partial charge in [0, 0.05) is 6.04 Å². The zero-order valence-electron chi connectivity index (χ0n) is 11.7. The second kappa shape index (κ2) is 8.07. The van der Waals surface area contributed by atoms with Gasteiger partial charge in [-0.15, -0.1) is 0 Å². The van der Waals surface area contributed by atoms with Gasteiger partial charge >= 0.3 is 0 Å². The van der Waals surface area contributed by atoms with E-state index in [2.05, 4.69) is 12.2 Å². The van der Waals surface area contributed by atoms with Crippen LogP contribution in [0.3, 0.4) is 0 Å². The molecule has 0 aliphatic carbocycles. The first-order chi connectivity index (χ1) is 8.14. The fourth-order valence-corrected chi connectivity index (χ4v) is 2.81. The molecule has 0 aromatic carbocycles. The molecule has 2 unspecified atom stereocenters. The lowest BCUT2D eigenvalue weighted by Crippen LogP contribution is -2.39. The van der Waals surface area contributed by atoms with Crippen molar-refractivity contribution < 1.29 is 4.39 Å². The molecule has 0 amide bonds. The summed E-state index contributed by atoms with van der Waals surface area (Å²) in [6, 6.07) is 0.425. The highest BCUT2D eigenvalue weighted by atomic mass is 19.1. The summed E-state index contributed by atoms with van der Waals surface area (Å²) in [6.45, 7) is 5.09. The van der Waals surface area contributed by atoms with Crippen LogP contribution in [0.1, 0.15) is 78.1 Å². The number of hydrogen-bond acceptors (Lipinski definition) is 1. The Balaban J connectivity index is 2.11. The molecule has 0 saturated carbocycles. The minimum absolute atomic E-state index is 0.425. The first-order valence-electron chi connectivity index (χ1n) is 7.56. The normalized spacial score (nSPS) is 24.5. The van der Waals surface area contributed by atoms with Crippen LogP contribution < -0.4 is 5.32 Å². The van der Waals surface area contributed by atoms with Crippen LogP contribution in [0.4, 0.5) is 4.39 Å². The summed E-state index contributed by atoms with van der Waals surface area (Å²) in [6.07, 6.45) is 11.2.